The van der Waals surface area contributed by atoms with Crippen molar-refractivity contribution in [1.82, 2.24) is 9.44 Å². The Balaban J connectivity index is 2.49. The minimum Gasteiger partial charge on any atom is -0.214 e. The molecule has 0 saturated carbocycles. The molecule has 0 spiro atoms. The first kappa shape index (κ1) is 17.8. The summed E-state index contributed by atoms with van der Waals surface area (Å²) in [5, 5.41) is 1.06. The Morgan fingerprint density at radius 3 is 2.14 bits per heavy atom. The second-order valence-corrected chi connectivity index (χ2v) is 8.20. The molecule has 0 aliphatic rings. The first-order valence-electron chi connectivity index (χ1n) is 6.46. The van der Waals surface area contributed by atoms with Crippen molar-refractivity contribution >= 4 is 26.1 Å². The van der Waals surface area contributed by atoms with Crippen LogP contribution in [0.2, 0.25) is 0 Å². The second-order valence-electron chi connectivity index (χ2n) is 4.45. The lowest BCUT2D eigenvalue weighted by molar-refractivity contribution is 0.575. The average Bonchev–Trinajstić information content (AvgIpc) is 2.43. The fourth-order valence-electron chi connectivity index (χ4n) is 1.40. The molecule has 8 heteroatoms. The van der Waals surface area contributed by atoms with Crippen molar-refractivity contribution in [1.29, 1.82) is 0 Å². The van der Waals surface area contributed by atoms with Crippen molar-refractivity contribution in [2.75, 3.05) is 18.8 Å². The summed E-state index contributed by atoms with van der Waals surface area (Å²) in [4.78, 5) is 0. The van der Waals surface area contributed by atoms with Crippen LogP contribution < -0.4 is 9.44 Å². The van der Waals surface area contributed by atoms with Crippen molar-refractivity contribution in [2.45, 2.75) is 13.8 Å². The Morgan fingerprint density at radius 2 is 1.57 bits per heavy atom. The average molecular weight is 332 g/mol. The molecule has 0 aliphatic carbocycles. The van der Waals surface area contributed by atoms with Gasteiger partial charge in [-0.15, -0.1) is 0 Å². The summed E-state index contributed by atoms with van der Waals surface area (Å²) >= 11 is 0. The largest absolute Gasteiger partial charge is 0.233 e. The first-order chi connectivity index (χ1) is 9.74. The van der Waals surface area contributed by atoms with Crippen LogP contribution in [-0.2, 0) is 20.0 Å². The zero-order valence-electron chi connectivity index (χ0n) is 12.0. The van der Waals surface area contributed by atoms with Crippen molar-refractivity contribution in [3.8, 4) is 0 Å². The molecule has 0 aliphatic heterocycles. The number of aryl methyl sites for hydroxylation is 1. The molecule has 6 nitrogen and oxygen atoms in total. The zero-order valence-corrected chi connectivity index (χ0v) is 13.7. The van der Waals surface area contributed by atoms with E-state index in [-0.39, 0.29) is 18.8 Å². The van der Waals surface area contributed by atoms with Gasteiger partial charge in [-0.25, -0.2) is 26.3 Å². The van der Waals surface area contributed by atoms with E-state index in [1.165, 1.54) is 13.0 Å². The van der Waals surface area contributed by atoms with Gasteiger partial charge in [0.2, 0.25) is 20.0 Å². The maximum atomic E-state index is 11.7. The van der Waals surface area contributed by atoms with Crippen LogP contribution in [0.4, 0.5) is 0 Å². The fraction of sp³-hybridized carbons (Fsp3) is 0.385. The molecule has 21 heavy (non-hydrogen) atoms. The molecule has 1 aromatic carbocycles. The summed E-state index contributed by atoms with van der Waals surface area (Å²) in [7, 11) is -6.88. The smallest absolute Gasteiger partial charge is 0.214 e. The van der Waals surface area contributed by atoms with Crippen LogP contribution in [0.5, 0.6) is 0 Å². The van der Waals surface area contributed by atoms with Gasteiger partial charge < -0.3 is 0 Å². The lowest BCUT2D eigenvalue weighted by Crippen LogP contribution is -2.34. The van der Waals surface area contributed by atoms with Crippen LogP contribution in [0.25, 0.3) is 6.08 Å². The molecule has 0 radical (unpaired) electrons. The van der Waals surface area contributed by atoms with Crippen LogP contribution in [0, 0.1) is 6.92 Å². The van der Waals surface area contributed by atoms with E-state index >= 15 is 0 Å². The summed E-state index contributed by atoms with van der Waals surface area (Å²) in [5.41, 5.74) is 1.87. The van der Waals surface area contributed by atoms with Gasteiger partial charge in [0.15, 0.2) is 0 Å². The first-order valence-corrected chi connectivity index (χ1v) is 9.66. The van der Waals surface area contributed by atoms with Gasteiger partial charge in [-0.05, 0) is 25.5 Å². The number of hydrogen-bond acceptors (Lipinski definition) is 4. The Labute approximate surface area is 126 Å². The number of benzene rings is 1. The lowest BCUT2D eigenvalue weighted by atomic mass is 10.2. The topological polar surface area (TPSA) is 92.3 Å². The highest BCUT2D eigenvalue weighted by Crippen LogP contribution is 2.05. The molecule has 0 bridgehead atoms. The van der Waals surface area contributed by atoms with Crippen LogP contribution in [0.15, 0.2) is 29.7 Å². The third kappa shape index (κ3) is 7.37. The summed E-state index contributed by atoms with van der Waals surface area (Å²) < 4.78 is 50.3. The van der Waals surface area contributed by atoms with Gasteiger partial charge in [0.1, 0.15) is 0 Å². The molecule has 1 aromatic rings. The molecule has 0 amide bonds. The van der Waals surface area contributed by atoms with E-state index in [4.69, 9.17) is 0 Å². The van der Waals surface area contributed by atoms with E-state index in [0.717, 1.165) is 16.5 Å². The summed E-state index contributed by atoms with van der Waals surface area (Å²) in [6.07, 6.45) is 1.48. The molecular weight excluding hydrogens is 312 g/mol. The number of sulfonamides is 2. The van der Waals surface area contributed by atoms with Crippen molar-refractivity contribution in [2.24, 2.45) is 0 Å². The van der Waals surface area contributed by atoms with Gasteiger partial charge in [0, 0.05) is 18.5 Å². The van der Waals surface area contributed by atoms with E-state index in [2.05, 4.69) is 9.44 Å². The lowest BCUT2D eigenvalue weighted by Gasteiger charge is -2.05. The predicted octanol–water partition coefficient (Wildman–Crippen LogP) is 0.824. The van der Waals surface area contributed by atoms with E-state index in [1.807, 2.05) is 31.2 Å². The van der Waals surface area contributed by atoms with Gasteiger partial charge in [-0.1, -0.05) is 29.8 Å². The Kier molecular flexibility index (Phi) is 6.53. The quantitative estimate of drug-likeness (QED) is 0.690. The normalized spacial score (nSPS) is 12.9. The summed E-state index contributed by atoms with van der Waals surface area (Å²) in [6, 6.07) is 7.41. The van der Waals surface area contributed by atoms with Crippen molar-refractivity contribution in [3.05, 3.63) is 40.8 Å². The molecule has 0 aromatic heterocycles. The Bertz CT molecular complexity index is 677. The van der Waals surface area contributed by atoms with Gasteiger partial charge in [0.25, 0.3) is 0 Å². The number of nitrogens with one attached hydrogen (secondary N) is 2. The van der Waals surface area contributed by atoms with Crippen molar-refractivity contribution < 1.29 is 16.8 Å². The highest BCUT2D eigenvalue weighted by atomic mass is 32.2. The molecule has 0 saturated heterocycles. The maximum Gasteiger partial charge on any atom is 0.233 e. The Hall–Kier alpha value is -1.22. The third-order valence-corrected chi connectivity index (χ3v) is 5.15. The molecule has 0 atom stereocenters. The van der Waals surface area contributed by atoms with Gasteiger partial charge in [0.05, 0.1) is 5.75 Å². The highest BCUT2D eigenvalue weighted by Gasteiger charge is 2.07. The van der Waals surface area contributed by atoms with Crippen LogP contribution in [0.3, 0.4) is 0 Å². The maximum absolute atomic E-state index is 11.7. The molecule has 1 rings (SSSR count). The van der Waals surface area contributed by atoms with Crippen LogP contribution in [0.1, 0.15) is 18.1 Å². The number of rotatable bonds is 8. The van der Waals surface area contributed by atoms with Crippen LogP contribution >= 0.6 is 0 Å². The fourth-order valence-corrected chi connectivity index (χ4v) is 2.83. The Morgan fingerprint density at radius 1 is 1.00 bits per heavy atom. The molecular formula is C13H20N2O4S2. The summed E-state index contributed by atoms with van der Waals surface area (Å²) in [5.74, 6) is -0.0346. The van der Waals surface area contributed by atoms with Crippen molar-refractivity contribution in [3.63, 3.8) is 0 Å². The molecule has 118 valence electrons. The van der Waals surface area contributed by atoms with E-state index in [9.17, 15) is 16.8 Å². The SMILES string of the molecule is CCS(=O)(=O)NCCNS(=O)(=O)/C=C/c1ccc(C)cc1. The van der Waals surface area contributed by atoms with Gasteiger partial charge >= 0.3 is 0 Å². The standard InChI is InChI=1S/C13H20N2O4S2/c1-3-20(16,17)14-9-10-15-21(18,19)11-8-13-6-4-12(2)5-7-13/h4-8,11,14-15H,3,9-10H2,1-2H3/b11-8+. The van der Waals surface area contributed by atoms with Gasteiger partial charge in [-0.3, -0.25) is 0 Å². The minimum absolute atomic E-state index is 0.000197. The van der Waals surface area contributed by atoms with Gasteiger partial charge in [-0.2, -0.15) is 0 Å². The molecule has 0 unspecified atom stereocenters. The second kappa shape index (κ2) is 7.69. The molecule has 0 fully saturated rings. The third-order valence-electron chi connectivity index (χ3n) is 2.65. The monoisotopic (exact) mass is 332 g/mol. The van der Waals surface area contributed by atoms with Crippen LogP contribution in [-0.4, -0.2) is 35.7 Å². The zero-order chi connectivity index (χ0) is 15.9. The molecule has 0 heterocycles. The minimum atomic E-state index is -3.58. The summed E-state index contributed by atoms with van der Waals surface area (Å²) in [6.45, 7) is 3.48. The highest BCUT2D eigenvalue weighted by molar-refractivity contribution is 7.92. The predicted molar refractivity (Wildman–Crippen MR) is 84.6 cm³/mol. The van der Waals surface area contributed by atoms with E-state index in [0.29, 0.717) is 0 Å². The molecule has 2 N–H and O–H groups in total. The van der Waals surface area contributed by atoms with E-state index in [1.54, 1.807) is 0 Å². The number of hydrogen-bond donors (Lipinski definition) is 2. The van der Waals surface area contributed by atoms with E-state index < -0.39 is 20.0 Å².